The number of carbonyl (C=O) groups is 3. The zero-order chi connectivity index (χ0) is 22.0. The molecule has 0 unspecified atom stereocenters. The summed E-state index contributed by atoms with van der Waals surface area (Å²) in [4.78, 5) is 39.8. The average Bonchev–Trinajstić information content (AvgIpc) is 3.34. The molecule has 2 aliphatic heterocycles. The van der Waals surface area contributed by atoms with Gasteiger partial charge in [-0.15, -0.1) is 0 Å². The lowest BCUT2D eigenvalue weighted by Crippen LogP contribution is -2.30. The lowest BCUT2D eigenvalue weighted by atomic mass is 10.1. The number of amides is 2. The molecule has 0 radical (unpaired) electrons. The van der Waals surface area contributed by atoms with E-state index in [-0.39, 0.29) is 28.8 Å². The van der Waals surface area contributed by atoms with Gasteiger partial charge in [-0.25, -0.2) is 9.18 Å². The third-order valence-electron chi connectivity index (χ3n) is 5.20. The second kappa shape index (κ2) is 8.97. The Morgan fingerprint density at radius 3 is 2.68 bits per heavy atom. The SMILES string of the molecule is COC(=O)c1ccc(CN2C(=O)S/C(=C/c3ccc(N4CCCCC4)c(F)c3)C2=O)o1. The van der Waals surface area contributed by atoms with Crippen LogP contribution in [0.2, 0.25) is 0 Å². The second-order valence-corrected chi connectivity index (χ2v) is 8.28. The molecule has 0 bridgehead atoms. The lowest BCUT2D eigenvalue weighted by Gasteiger charge is -2.29. The molecular formula is C22H21FN2O5S. The van der Waals surface area contributed by atoms with E-state index >= 15 is 0 Å². The van der Waals surface area contributed by atoms with Gasteiger partial charge < -0.3 is 14.1 Å². The van der Waals surface area contributed by atoms with Crippen LogP contribution in [0.5, 0.6) is 0 Å². The molecule has 1 aromatic carbocycles. The molecule has 162 valence electrons. The van der Waals surface area contributed by atoms with E-state index in [1.54, 1.807) is 12.1 Å². The van der Waals surface area contributed by atoms with Crippen LogP contribution in [0.15, 0.2) is 39.7 Å². The first-order valence-electron chi connectivity index (χ1n) is 9.93. The van der Waals surface area contributed by atoms with Gasteiger partial charge in [0.1, 0.15) is 11.6 Å². The Hall–Kier alpha value is -3.07. The van der Waals surface area contributed by atoms with Gasteiger partial charge in [-0.05, 0) is 66.9 Å². The Labute approximate surface area is 182 Å². The van der Waals surface area contributed by atoms with Crippen LogP contribution in [0.3, 0.4) is 0 Å². The highest BCUT2D eigenvalue weighted by molar-refractivity contribution is 8.18. The number of furan rings is 1. The number of methoxy groups -OCH3 is 1. The van der Waals surface area contributed by atoms with Gasteiger partial charge in [-0.1, -0.05) is 6.07 Å². The predicted octanol–water partition coefficient (Wildman–Crippen LogP) is 4.43. The number of nitrogens with zero attached hydrogens (tertiary/aromatic N) is 2. The van der Waals surface area contributed by atoms with Gasteiger partial charge in [0.2, 0.25) is 5.76 Å². The highest BCUT2D eigenvalue weighted by Crippen LogP contribution is 2.34. The van der Waals surface area contributed by atoms with Crippen LogP contribution in [0.4, 0.5) is 14.9 Å². The van der Waals surface area contributed by atoms with Crippen molar-refractivity contribution >= 4 is 40.6 Å². The highest BCUT2D eigenvalue weighted by Gasteiger charge is 2.35. The molecule has 4 rings (SSSR count). The molecule has 2 amide bonds. The van der Waals surface area contributed by atoms with Crippen molar-refractivity contribution in [1.29, 1.82) is 0 Å². The Morgan fingerprint density at radius 1 is 1.19 bits per heavy atom. The molecule has 2 fully saturated rings. The van der Waals surface area contributed by atoms with Crippen LogP contribution in [0, 0.1) is 5.82 Å². The summed E-state index contributed by atoms with van der Waals surface area (Å²) in [5.41, 5.74) is 1.07. The summed E-state index contributed by atoms with van der Waals surface area (Å²) in [7, 11) is 1.23. The van der Waals surface area contributed by atoms with Gasteiger partial charge in [0, 0.05) is 13.1 Å². The fourth-order valence-electron chi connectivity index (χ4n) is 3.62. The van der Waals surface area contributed by atoms with Crippen molar-refractivity contribution in [3.8, 4) is 0 Å². The van der Waals surface area contributed by atoms with Crippen molar-refractivity contribution in [2.45, 2.75) is 25.8 Å². The molecule has 0 spiro atoms. The van der Waals surface area contributed by atoms with Crippen LogP contribution >= 0.6 is 11.8 Å². The van der Waals surface area contributed by atoms with E-state index in [4.69, 9.17) is 4.42 Å². The van der Waals surface area contributed by atoms with Crippen molar-refractivity contribution in [1.82, 2.24) is 4.90 Å². The number of anilines is 1. The topological polar surface area (TPSA) is 80.1 Å². The van der Waals surface area contributed by atoms with E-state index in [0.717, 1.165) is 49.0 Å². The number of thioether (sulfide) groups is 1. The normalized spacial score (nSPS) is 18.2. The number of hydrogen-bond acceptors (Lipinski definition) is 7. The quantitative estimate of drug-likeness (QED) is 0.498. The number of halogens is 1. The smallest absolute Gasteiger partial charge is 0.373 e. The number of carbonyl (C=O) groups excluding carboxylic acids is 3. The summed E-state index contributed by atoms with van der Waals surface area (Å²) >= 11 is 0.784. The van der Waals surface area contributed by atoms with Crippen LogP contribution in [-0.2, 0) is 16.1 Å². The van der Waals surface area contributed by atoms with Crippen molar-refractivity contribution in [3.63, 3.8) is 0 Å². The number of ether oxygens (including phenoxy) is 1. The van der Waals surface area contributed by atoms with E-state index in [0.29, 0.717) is 11.3 Å². The lowest BCUT2D eigenvalue weighted by molar-refractivity contribution is -0.123. The molecule has 9 heteroatoms. The minimum absolute atomic E-state index is 0.00992. The molecule has 2 aromatic rings. The van der Waals surface area contributed by atoms with Gasteiger partial charge in [0.25, 0.3) is 11.1 Å². The van der Waals surface area contributed by atoms with E-state index < -0.39 is 17.1 Å². The molecule has 1 aromatic heterocycles. The molecule has 0 N–H and O–H groups in total. The van der Waals surface area contributed by atoms with Crippen LogP contribution in [0.25, 0.3) is 6.08 Å². The minimum Gasteiger partial charge on any atom is -0.463 e. The summed E-state index contributed by atoms with van der Waals surface area (Å²) < 4.78 is 24.6. The van der Waals surface area contributed by atoms with Crippen molar-refractivity contribution in [3.05, 3.63) is 58.1 Å². The van der Waals surface area contributed by atoms with Gasteiger partial charge >= 0.3 is 5.97 Å². The van der Waals surface area contributed by atoms with Crippen molar-refractivity contribution < 1.29 is 27.9 Å². The maximum absolute atomic E-state index is 14.7. The van der Waals surface area contributed by atoms with Gasteiger partial charge in [-0.3, -0.25) is 14.5 Å². The molecule has 31 heavy (non-hydrogen) atoms. The van der Waals surface area contributed by atoms with E-state index in [1.807, 2.05) is 4.90 Å². The van der Waals surface area contributed by atoms with Crippen molar-refractivity contribution in [2.24, 2.45) is 0 Å². The average molecular weight is 444 g/mol. The third kappa shape index (κ3) is 4.51. The summed E-state index contributed by atoms with van der Waals surface area (Å²) in [6, 6.07) is 7.77. The van der Waals surface area contributed by atoms with E-state index in [1.165, 1.54) is 31.4 Å². The fourth-order valence-corrected chi connectivity index (χ4v) is 4.46. The Kier molecular flexibility index (Phi) is 6.13. The number of piperidine rings is 1. The summed E-state index contributed by atoms with van der Waals surface area (Å²) in [5.74, 6) is -1.21. The third-order valence-corrected chi connectivity index (χ3v) is 6.11. The number of rotatable bonds is 5. The number of hydrogen-bond donors (Lipinski definition) is 0. The Morgan fingerprint density at radius 2 is 1.97 bits per heavy atom. The van der Waals surface area contributed by atoms with Crippen LogP contribution in [-0.4, -0.2) is 42.2 Å². The highest BCUT2D eigenvalue weighted by atomic mass is 32.2. The van der Waals surface area contributed by atoms with Gasteiger partial charge in [0.05, 0.1) is 24.2 Å². The molecular weight excluding hydrogens is 423 g/mol. The number of benzene rings is 1. The molecule has 0 atom stereocenters. The first kappa shape index (κ1) is 21.2. The second-order valence-electron chi connectivity index (χ2n) is 7.28. The Balaban J connectivity index is 1.48. The van der Waals surface area contributed by atoms with Gasteiger partial charge in [-0.2, -0.15) is 0 Å². The summed E-state index contributed by atoms with van der Waals surface area (Å²) in [5, 5.41) is -0.460. The maximum atomic E-state index is 14.7. The van der Waals surface area contributed by atoms with Gasteiger partial charge in [0.15, 0.2) is 0 Å². The molecule has 2 aliphatic rings. The van der Waals surface area contributed by atoms with E-state index in [2.05, 4.69) is 4.74 Å². The molecule has 0 aliphatic carbocycles. The Bertz CT molecular complexity index is 1060. The molecule has 7 nitrogen and oxygen atoms in total. The zero-order valence-electron chi connectivity index (χ0n) is 16.9. The summed E-state index contributed by atoms with van der Waals surface area (Å²) in [6.07, 6.45) is 4.76. The first-order valence-corrected chi connectivity index (χ1v) is 10.7. The van der Waals surface area contributed by atoms with Crippen LogP contribution in [0.1, 0.15) is 41.1 Å². The standard InChI is InChI=1S/C22H21FN2O5S/c1-29-21(27)18-8-6-15(30-18)13-25-20(26)19(31-22(25)28)12-14-5-7-17(16(23)11-14)24-9-3-2-4-10-24/h5-8,11-12H,2-4,9-10,13H2,1H3/b19-12+. The molecule has 3 heterocycles. The van der Waals surface area contributed by atoms with Crippen LogP contribution < -0.4 is 4.90 Å². The van der Waals surface area contributed by atoms with Crippen molar-refractivity contribution in [2.75, 3.05) is 25.1 Å². The predicted molar refractivity (Wildman–Crippen MR) is 114 cm³/mol. The first-order chi connectivity index (χ1) is 15.0. The molecule has 0 saturated carbocycles. The number of imide groups is 1. The largest absolute Gasteiger partial charge is 0.463 e. The minimum atomic E-state index is -0.643. The van der Waals surface area contributed by atoms with E-state index in [9.17, 15) is 18.8 Å². The monoisotopic (exact) mass is 444 g/mol. The molecule has 2 saturated heterocycles. The summed E-state index contributed by atoms with van der Waals surface area (Å²) in [6.45, 7) is 1.56. The number of esters is 1. The maximum Gasteiger partial charge on any atom is 0.373 e. The zero-order valence-corrected chi connectivity index (χ0v) is 17.7. The fraction of sp³-hybridized carbons (Fsp3) is 0.318.